The van der Waals surface area contributed by atoms with Crippen molar-refractivity contribution in [3.63, 3.8) is 0 Å². The molecular formula is C14H16Cl3N3O2. The summed E-state index contributed by atoms with van der Waals surface area (Å²) in [6, 6.07) is 3.03. The molecule has 1 aliphatic carbocycles. The SMILES string of the molecule is CC1CC1C(=O)NCCC(=O)NNc1c(Cl)cc(Cl)cc1Cl. The number of carbonyl (C=O) groups excluding carboxylic acids is 2. The lowest BCUT2D eigenvalue weighted by Crippen LogP contribution is -2.34. The number of carbonyl (C=O) groups is 2. The van der Waals surface area contributed by atoms with Gasteiger partial charge in [0.05, 0.1) is 15.7 Å². The molecule has 2 atom stereocenters. The van der Waals surface area contributed by atoms with E-state index >= 15 is 0 Å². The summed E-state index contributed by atoms with van der Waals surface area (Å²) < 4.78 is 0. The Balaban J connectivity index is 1.73. The zero-order valence-corrected chi connectivity index (χ0v) is 14.1. The number of anilines is 1. The molecule has 0 aliphatic heterocycles. The third-order valence-electron chi connectivity index (χ3n) is 3.43. The van der Waals surface area contributed by atoms with Gasteiger partial charge in [0.1, 0.15) is 0 Å². The van der Waals surface area contributed by atoms with Gasteiger partial charge in [0.2, 0.25) is 11.8 Å². The van der Waals surface area contributed by atoms with Crippen molar-refractivity contribution in [2.45, 2.75) is 19.8 Å². The minimum absolute atomic E-state index is 0.0112. The summed E-state index contributed by atoms with van der Waals surface area (Å²) >= 11 is 17.8. The fourth-order valence-electron chi connectivity index (χ4n) is 1.97. The molecular weight excluding hydrogens is 349 g/mol. The Morgan fingerprint density at radius 1 is 1.23 bits per heavy atom. The smallest absolute Gasteiger partial charge is 0.240 e. The van der Waals surface area contributed by atoms with Crippen molar-refractivity contribution in [1.82, 2.24) is 10.7 Å². The molecule has 0 aromatic heterocycles. The molecule has 22 heavy (non-hydrogen) atoms. The highest BCUT2D eigenvalue weighted by Gasteiger charge is 2.38. The molecule has 1 saturated carbocycles. The summed E-state index contributed by atoms with van der Waals surface area (Å²) in [6.07, 6.45) is 1.08. The van der Waals surface area contributed by atoms with Gasteiger partial charge in [0.25, 0.3) is 0 Å². The second-order valence-corrected chi connectivity index (χ2v) is 6.53. The van der Waals surface area contributed by atoms with Gasteiger partial charge in [-0.15, -0.1) is 0 Å². The summed E-state index contributed by atoms with van der Waals surface area (Å²) in [7, 11) is 0. The van der Waals surface area contributed by atoms with Crippen LogP contribution in [0.3, 0.4) is 0 Å². The number of rotatable bonds is 6. The van der Waals surface area contributed by atoms with Crippen molar-refractivity contribution < 1.29 is 9.59 Å². The van der Waals surface area contributed by atoms with Crippen LogP contribution < -0.4 is 16.2 Å². The molecule has 1 aromatic carbocycles. The largest absolute Gasteiger partial charge is 0.355 e. The van der Waals surface area contributed by atoms with Crippen molar-refractivity contribution >= 4 is 52.3 Å². The molecule has 1 aromatic rings. The van der Waals surface area contributed by atoms with Gasteiger partial charge in [0, 0.05) is 23.9 Å². The van der Waals surface area contributed by atoms with E-state index in [2.05, 4.69) is 16.2 Å². The minimum atomic E-state index is -0.286. The van der Waals surface area contributed by atoms with Crippen LogP contribution in [0.5, 0.6) is 0 Å². The number of amides is 2. The molecule has 1 fully saturated rings. The first-order chi connectivity index (χ1) is 10.4. The van der Waals surface area contributed by atoms with E-state index in [-0.39, 0.29) is 30.7 Å². The maximum atomic E-state index is 11.7. The van der Waals surface area contributed by atoms with Crippen LogP contribution in [0.4, 0.5) is 5.69 Å². The zero-order chi connectivity index (χ0) is 16.3. The van der Waals surface area contributed by atoms with Crippen molar-refractivity contribution in [2.75, 3.05) is 12.0 Å². The number of nitrogens with one attached hydrogen (secondary N) is 3. The molecule has 8 heteroatoms. The Kier molecular flexibility index (Phi) is 5.78. The Morgan fingerprint density at radius 3 is 2.36 bits per heavy atom. The summed E-state index contributed by atoms with van der Waals surface area (Å²) in [4.78, 5) is 23.3. The van der Waals surface area contributed by atoms with Gasteiger partial charge in [-0.3, -0.25) is 20.4 Å². The van der Waals surface area contributed by atoms with Gasteiger partial charge < -0.3 is 5.32 Å². The van der Waals surface area contributed by atoms with E-state index in [1.54, 1.807) is 0 Å². The van der Waals surface area contributed by atoms with Gasteiger partial charge in [-0.25, -0.2) is 0 Å². The number of hydrazine groups is 1. The zero-order valence-electron chi connectivity index (χ0n) is 11.9. The molecule has 2 amide bonds. The van der Waals surface area contributed by atoms with E-state index in [9.17, 15) is 9.59 Å². The number of benzene rings is 1. The Hall–Kier alpha value is -1.17. The van der Waals surface area contributed by atoms with Gasteiger partial charge in [-0.05, 0) is 24.5 Å². The van der Waals surface area contributed by atoms with E-state index in [0.717, 1.165) is 6.42 Å². The maximum Gasteiger partial charge on any atom is 0.240 e. The lowest BCUT2D eigenvalue weighted by molar-refractivity contribution is -0.123. The minimum Gasteiger partial charge on any atom is -0.355 e. The van der Waals surface area contributed by atoms with Crippen LogP contribution in [0, 0.1) is 11.8 Å². The molecule has 1 aliphatic rings. The van der Waals surface area contributed by atoms with E-state index in [4.69, 9.17) is 34.8 Å². The number of hydrogen-bond donors (Lipinski definition) is 3. The monoisotopic (exact) mass is 363 g/mol. The van der Waals surface area contributed by atoms with E-state index in [1.807, 2.05) is 6.92 Å². The second kappa shape index (κ2) is 7.40. The summed E-state index contributed by atoms with van der Waals surface area (Å²) in [5.74, 6) is 0.279. The predicted molar refractivity (Wildman–Crippen MR) is 88.1 cm³/mol. The first-order valence-electron chi connectivity index (χ1n) is 6.85. The van der Waals surface area contributed by atoms with E-state index in [0.29, 0.717) is 26.7 Å². The Morgan fingerprint density at radius 2 is 1.82 bits per heavy atom. The lowest BCUT2D eigenvalue weighted by Gasteiger charge is -2.12. The van der Waals surface area contributed by atoms with Gasteiger partial charge in [-0.1, -0.05) is 41.7 Å². The molecule has 2 rings (SSSR count). The highest BCUT2D eigenvalue weighted by Crippen LogP contribution is 2.37. The molecule has 3 N–H and O–H groups in total. The van der Waals surface area contributed by atoms with Crippen LogP contribution in [-0.4, -0.2) is 18.4 Å². The normalized spacial score (nSPS) is 19.5. The lowest BCUT2D eigenvalue weighted by atomic mass is 10.3. The molecule has 120 valence electrons. The first kappa shape index (κ1) is 17.2. The fourth-order valence-corrected chi connectivity index (χ4v) is 2.89. The van der Waals surface area contributed by atoms with Crippen LogP contribution >= 0.6 is 34.8 Å². The molecule has 0 bridgehead atoms. The summed E-state index contributed by atoms with van der Waals surface area (Å²) in [5.41, 5.74) is 5.50. The highest BCUT2D eigenvalue weighted by molar-refractivity contribution is 6.41. The van der Waals surface area contributed by atoms with Crippen molar-refractivity contribution in [2.24, 2.45) is 11.8 Å². The van der Waals surface area contributed by atoms with Crippen LogP contribution in [0.25, 0.3) is 0 Å². The van der Waals surface area contributed by atoms with Gasteiger partial charge in [0.15, 0.2) is 0 Å². The van der Waals surface area contributed by atoms with E-state index in [1.165, 1.54) is 12.1 Å². The topological polar surface area (TPSA) is 70.2 Å². The van der Waals surface area contributed by atoms with Gasteiger partial charge >= 0.3 is 0 Å². The van der Waals surface area contributed by atoms with E-state index < -0.39 is 0 Å². The second-order valence-electron chi connectivity index (χ2n) is 5.28. The van der Waals surface area contributed by atoms with Gasteiger partial charge in [-0.2, -0.15) is 0 Å². The molecule has 2 unspecified atom stereocenters. The summed E-state index contributed by atoms with van der Waals surface area (Å²) in [6.45, 7) is 2.32. The number of halogens is 3. The van der Waals surface area contributed by atoms with Crippen molar-refractivity contribution in [3.05, 3.63) is 27.2 Å². The van der Waals surface area contributed by atoms with Crippen LogP contribution in [0.15, 0.2) is 12.1 Å². The molecule has 5 nitrogen and oxygen atoms in total. The number of hydrogen-bond acceptors (Lipinski definition) is 3. The average molecular weight is 365 g/mol. The Labute approximate surface area is 143 Å². The molecule has 0 radical (unpaired) electrons. The molecule has 0 saturated heterocycles. The van der Waals surface area contributed by atoms with Crippen LogP contribution in [0.2, 0.25) is 15.1 Å². The maximum absolute atomic E-state index is 11.7. The summed E-state index contributed by atoms with van der Waals surface area (Å²) in [5, 5.41) is 3.74. The van der Waals surface area contributed by atoms with Crippen LogP contribution in [-0.2, 0) is 9.59 Å². The van der Waals surface area contributed by atoms with Crippen molar-refractivity contribution in [1.29, 1.82) is 0 Å². The quantitative estimate of drug-likeness (QED) is 0.679. The van der Waals surface area contributed by atoms with Crippen LogP contribution in [0.1, 0.15) is 19.8 Å². The first-order valence-corrected chi connectivity index (χ1v) is 7.99. The molecule has 0 spiro atoms. The Bertz CT molecular complexity index is 572. The van der Waals surface area contributed by atoms with Crippen molar-refractivity contribution in [3.8, 4) is 0 Å². The predicted octanol–water partition coefficient (Wildman–Crippen LogP) is 3.25. The molecule has 0 heterocycles. The average Bonchev–Trinajstić information content (AvgIpc) is 3.14. The fraction of sp³-hybridized carbons (Fsp3) is 0.429. The third-order valence-corrected chi connectivity index (χ3v) is 4.25. The standard InChI is InChI=1S/C14H16Cl3N3O2/c1-7-4-9(7)14(22)18-3-2-12(21)19-20-13-10(16)5-8(15)6-11(13)17/h5-7,9,20H,2-4H2,1H3,(H,18,22)(H,19,21). The highest BCUT2D eigenvalue weighted by atomic mass is 35.5. The third kappa shape index (κ3) is 4.66.